The minimum atomic E-state index is -0.0695. The molecule has 18 heavy (non-hydrogen) atoms. The van der Waals surface area contributed by atoms with Gasteiger partial charge in [0.05, 0.1) is 12.1 Å². The molecule has 0 unspecified atom stereocenters. The molecule has 1 aromatic carbocycles. The molecule has 0 aliphatic heterocycles. The van der Waals surface area contributed by atoms with Crippen molar-refractivity contribution in [1.29, 1.82) is 0 Å². The minimum absolute atomic E-state index is 0.0695. The second-order valence-electron chi connectivity index (χ2n) is 4.57. The molecule has 4 nitrogen and oxygen atoms in total. The Balaban J connectivity index is 2.44. The zero-order chi connectivity index (χ0) is 13.1. The first-order chi connectivity index (χ1) is 8.61. The lowest BCUT2D eigenvalue weighted by molar-refractivity contribution is 0.292. The number of rotatable bonds is 4. The smallest absolute Gasteiger partial charge is 0.252 e. The van der Waals surface area contributed by atoms with E-state index in [1.54, 1.807) is 0 Å². The molecule has 96 valence electrons. The van der Waals surface area contributed by atoms with Crippen LogP contribution in [0.3, 0.4) is 0 Å². The summed E-state index contributed by atoms with van der Waals surface area (Å²) in [5.41, 5.74) is 3.79. The van der Waals surface area contributed by atoms with E-state index in [2.05, 4.69) is 22.4 Å². The summed E-state index contributed by atoms with van der Waals surface area (Å²) in [4.78, 5) is 14.8. The average Bonchev–Trinajstić information content (AvgIpc) is 2.31. The standard InChI is InChI=1S/C14H18N2O2/c1-9-5-10(2)13-11(6-9)7-12(14(18)16-13)8-15-3-4-17/h5-7,15,17H,3-4,8H2,1-2H3,(H,16,18). The molecule has 0 fully saturated rings. The highest BCUT2D eigenvalue weighted by Crippen LogP contribution is 2.17. The fraction of sp³-hybridized carbons (Fsp3) is 0.357. The Hall–Kier alpha value is -1.65. The van der Waals surface area contributed by atoms with E-state index < -0.39 is 0 Å². The zero-order valence-corrected chi connectivity index (χ0v) is 10.7. The first kappa shape index (κ1) is 12.8. The van der Waals surface area contributed by atoms with Gasteiger partial charge in [-0.15, -0.1) is 0 Å². The molecule has 2 rings (SSSR count). The normalized spacial score (nSPS) is 11.1. The lowest BCUT2D eigenvalue weighted by Crippen LogP contribution is -2.23. The number of pyridine rings is 1. The predicted octanol–water partition coefficient (Wildman–Crippen LogP) is 1.23. The number of fused-ring (bicyclic) bond motifs is 1. The van der Waals surface area contributed by atoms with Gasteiger partial charge in [-0.05, 0) is 36.9 Å². The number of aromatic amines is 1. The molecule has 0 saturated carbocycles. The van der Waals surface area contributed by atoms with Crippen molar-refractivity contribution in [1.82, 2.24) is 10.3 Å². The summed E-state index contributed by atoms with van der Waals surface area (Å²) in [5, 5.41) is 12.8. The molecule has 0 bridgehead atoms. The van der Waals surface area contributed by atoms with Gasteiger partial charge < -0.3 is 15.4 Å². The van der Waals surface area contributed by atoms with Crippen LogP contribution in [-0.2, 0) is 6.54 Å². The van der Waals surface area contributed by atoms with Gasteiger partial charge in [-0.1, -0.05) is 11.6 Å². The van der Waals surface area contributed by atoms with Crippen LogP contribution in [-0.4, -0.2) is 23.2 Å². The summed E-state index contributed by atoms with van der Waals surface area (Å²) < 4.78 is 0. The van der Waals surface area contributed by atoms with Crippen molar-refractivity contribution in [3.8, 4) is 0 Å². The maximum Gasteiger partial charge on any atom is 0.252 e. The number of aromatic nitrogens is 1. The first-order valence-electron chi connectivity index (χ1n) is 6.06. The van der Waals surface area contributed by atoms with Crippen molar-refractivity contribution in [2.75, 3.05) is 13.2 Å². The van der Waals surface area contributed by atoms with E-state index in [1.165, 1.54) is 5.56 Å². The van der Waals surface area contributed by atoms with Crippen molar-refractivity contribution in [3.63, 3.8) is 0 Å². The second kappa shape index (κ2) is 5.33. The molecule has 0 saturated heterocycles. The predicted molar refractivity (Wildman–Crippen MR) is 72.8 cm³/mol. The lowest BCUT2D eigenvalue weighted by atomic mass is 10.1. The quantitative estimate of drug-likeness (QED) is 0.711. The van der Waals surface area contributed by atoms with Crippen LogP contribution in [0.15, 0.2) is 23.0 Å². The van der Waals surface area contributed by atoms with E-state index in [0.717, 1.165) is 16.5 Å². The second-order valence-corrected chi connectivity index (χ2v) is 4.57. The van der Waals surface area contributed by atoms with Gasteiger partial charge in [-0.25, -0.2) is 0 Å². The number of benzene rings is 1. The zero-order valence-electron chi connectivity index (χ0n) is 10.7. The van der Waals surface area contributed by atoms with E-state index in [0.29, 0.717) is 18.7 Å². The number of aliphatic hydroxyl groups excluding tert-OH is 1. The SMILES string of the molecule is Cc1cc(C)c2[nH]c(=O)c(CNCCO)cc2c1. The maximum atomic E-state index is 11.9. The van der Waals surface area contributed by atoms with Crippen LogP contribution in [0.1, 0.15) is 16.7 Å². The van der Waals surface area contributed by atoms with E-state index in [1.807, 2.05) is 19.9 Å². The van der Waals surface area contributed by atoms with E-state index in [-0.39, 0.29) is 12.2 Å². The third kappa shape index (κ3) is 2.60. The topological polar surface area (TPSA) is 65.1 Å². The molecule has 1 heterocycles. The highest BCUT2D eigenvalue weighted by molar-refractivity contribution is 5.82. The largest absolute Gasteiger partial charge is 0.395 e. The molecule has 4 heteroatoms. The Labute approximate surface area is 106 Å². The summed E-state index contributed by atoms with van der Waals surface area (Å²) in [5.74, 6) is 0. The van der Waals surface area contributed by atoms with Crippen LogP contribution in [0.4, 0.5) is 0 Å². The van der Waals surface area contributed by atoms with Crippen LogP contribution in [0.5, 0.6) is 0 Å². The monoisotopic (exact) mass is 246 g/mol. The van der Waals surface area contributed by atoms with Gasteiger partial charge in [0.2, 0.25) is 0 Å². The Morgan fingerprint density at radius 3 is 2.78 bits per heavy atom. The number of hydrogen-bond donors (Lipinski definition) is 3. The Morgan fingerprint density at radius 1 is 1.28 bits per heavy atom. The number of aliphatic hydroxyl groups is 1. The van der Waals surface area contributed by atoms with Crippen LogP contribution in [0.2, 0.25) is 0 Å². The maximum absolute atomic E-state index is 11.9. The summed E-state index contributed by atoms with van der Waals surface area (Å²) >= 11 is 0. The van der Waals surface area contributed by atoms with E-state index >= 15 is 0 Å². The lowest BCUT2D eigenvalue weighted by Gasteiger charge is -2.07. The highest BCUT2D eigenvalue weighted by atomic mass is 16.3. The number of aryl methyl sites for hydroxylation is 2. The van der Waals surface area contributed by atoms with Crippen LogP contribution in [0, 0.1) is 13.8 Å². The fourth-order valence-electron chi connectivity index (χ4n) is 2.17. The van der Waals surface area contributed by atoms with Crippen molar-refractivity contribution in [3.05, 3.63) is 45.2 Å². The van der Waals surface area contributed by atoms with Gasteiger partial charge in [0.25, 0.3) is 5.56 Å². The van der Waals surface area contributed by atoms with Crippen molar-refractivity contribution >= 4 is 10.9 Å². The molecular formula is C14H18N2O2. The third-order valence-electron chi connectivity index (χ3n) is 2.97. The summed E-state index contributed by atoms with van der Waals surface area (Å²) in [6.07, 6.45) is 0. The molecule has 0 amide bonds. The molecule has 2 aromatic rings. The Morgan fingerprint density at radius 2 is 2.06 bits per heavy atom. The molecule has 3 N–H and O–H groups in total. The van der Waals surface area contributed by atoms with Gasteiger partial charge in [-0.2, -0.15) is 0 Å². The average molecular weight is 246 g/mol. The van der Waals surface area contributed by atoms with Gasteiger partial charge in [0.1, 0.15) is 0 Å². The Bertz CT molecular complexity index is 617. The molecule has 0 radical (unpaired) electrons. The summed E-state index contributed by atoms with van der Waals surface area (Å²) in [6, 6.07) is 6.04. The summed E-state index contributed by atoms with van der Waals surface area (Å²) in [6.45, 7) is 5.07. The molecule has 0 aliphatic rings. The van der Waals surface area contributed by atoms with E-state index in [4.69, 9.17) is 5.11 Å². The fourth-order valence-corrected chi connectivity index (χ4v) is 2.17. The number of H-pyrrole nitrogens is 1. The first-order valence-corrected chi connectivity index (χ1v) is 6.06. The van der Waals surface area contributed by atoms with Crippen LogP contribution < -0.4 is 10.9 Å². The molecule has 0 atom stereocenters. The van der Waals surface area contributed by atoms with Gasteiger partial charge in [-0.3, -0.25) is 4.79 Å². The third-order valence-corrected chi connectivity index (χ3v) is 2.97. The highest BCUT2D eigenvalue weighted by Gasteiger charge is 2.05. The van der Waals surface area contributed by atoms with Crippen molar-refractivity contribution in [2.24, 2.45) is 0 Å². The van der Waals surface area contributed by atoms with Crippen molar-refractivity contribution < 1.29 is 5.11 Å². The molecular weight excluding hydrogens is 228 g/mol. The van der Waals surface area contributed by atoms with Gasteiger partial charge in [0, 0.05) is 18.7 Å². The summed E-state index contributed by atoms with van der Waals surface area (Å²) in [7, 11) is 0. The Kier molecular flexibility index (Phi) is 3.79. The minimum Gasteiger partial charge on any atom is -0.395 e. The van der Waals surface area contributed by atoms with Gasteiger partial charge >= 0.3 is 0 Å². The van der Waals surface area contributed by atoms with E-state index in [9.17, 15) is 4.79 Å². The van der Waals surface area contributed by atoms with Crippen molar-refractivity contribution in [2.45, 2.75) is 20.4 Å². The van der Waals surface area contributed by atoms with Crippen LogP contribution in [0.25, 0.3) is 10.9 Å². The van der Waals surface area contributed by atoms with Crippen LogP contribution >= 0.6 is 0 Å². The number of hydrogen-bond acceptors (Lipinski definition) is 3. The van der Waals surface area contributed by atoms with Gasteiger partial charge in [0.15, 0.2) is 0 Å². The molecule has 0 aliphatic carbocycles. The molecule has 0 spiro atoms. The number of nitrogens with one attached hydrogen (secondary N) is 2. The molecule has 1 aromatic heterocycles.